The minimum atomic E-state index is -1.14. The van der Waals surface area contributed by atoms with Crippen LogP contribution in [0.2, 0.25) is 0 Å². The molecular formula is C9H11NO4. The topological polar surface area (TPSA) is 72.6 Å². The largest absolute Gasteiger partial charge is 0.474 e. The number of aromatic carboxylic acids is 1. The van der Waals surface area contributed by atoms with Crippen molar-refractivity contribution in [3.63, 3.8) is 0 Å². The van der Waals surface area contributed by atoms with E-state index >= 15 is 0 Å². The Kier molecular flexibility index (Phi) is 2.03. The first kappa shape index (κ1) is 9.21. The summed E-state index contributed by atoms with van der Waals surface area (Å²) in [7, 11) is 0. The van der Waals surface area contributed by atoms with Gasteiger partial charge in [0.25, 0.3) is 0 Å². The van der Waals surface area contributed by atoms with Crippen molar-refractivity contribution in [3.05, 3.63) is 17.8 Å². The van der Waals surface area contributed by atoms with E-state index in [0.29, 0.717) is 19.0 Å². The molecule has 76 valence electrons. The Morgan fingerprint density at radius 1 is 1.71 bits per heavy atom. The normalized spacial score (nSPS) is 26.6. The Morgan fingerprint density at radius 2 is 2.50 bits per heavy atom. The van der Waals surface area contributed by atoms with Gasteiger partial charge in [-0.3, -0.25) is 0 Å². The van der Waals surface area contributed by atoms with Gasteiger partial charge >= 0.3 is 11.9 Å². The third-order valence-corrected chi connectivity index (χ3v) is 2.50. The third-order valence-electron chi connectivity index (χ3n) is 2.50. The van der Waals surface area contributed by atoms with Gasteiger partial charge in [-0.1, -0.05) is 6.92 Å². The molecule has 5 heteroatoms. The lowest BCUT2D eigenvalue weighted by Gasteiger charge is -2.16. The molecule has 0 spiro atoms. The molecule has 1 saturated heterocycles. The number of hydrogen-bond donors (Lipinski definition) is 1. The van der Waals surface area contributed by atoms with Crippen LogP contribution >= 0.6 is 0 Å². The first-order valence-electron chi connectivity index (χ1n) is 4.39. The molecule has 0 saturated carbocycles. The van der Waals surface area contributed by atoms with Crippen LogP contribution in [0.3, 0.4) is 0 Å². The minimum Gasteiger partial charge on any atom is -0.474 e. The number of oxazole rings is 1. The van der Waals surface area contributed by atoms with Crippen molar-refractivity contribution in [2.75, 3.05) is 13.2 Å². The fraction of sp³-hybridized carbons (Fsp3) is 0.556. The molecule has 1 unspecified atom stereocenters. The Morgan fingerprint density at radius 3 is 3.00 bits per heavy atom. The molecule has 1 N–H and O–H groups in total. The molecule has 0 radical (unpaired) electrons. The highest BCUT2D eigenvalue weighted by Crippen LogP contribution is 2.32. The van der Waals surface area contributed by atoms with Crippen molar-refractivity contribution in [1.29, 1.82) is 0 Å². The predicted octanol–water partition coefficient (Wildman–Crippen LogP) is 1.05. The summed E-state index contributed by atoms with van der Waals surface area (Å²) in [6, 6.07) is 0. The molecule has 0 amide bonds. The molecule has 1 aliphatic heterocycles. The summed E-state index contributed by atoms with van der Waals surface area (Å²) in [5.74, 6) is -0.806. The SMILES string of the molecule is CC1(c2cnc(C(=O)O)o2)CCOC1. The molecule has 0 aliphatic carbocycles. The van der Waals surface area contributed by atoms with Crippen LogP contribution in [0.15, 0.2) is 10.6 Å². The van der Waals surface area contributed by atoms with E-state index in [1.165, 1.54) is 6.20 Å². The van der Waals surface area contributed by atoms with Crippen molar-refractivity contribution in [2.24, 2.45) is 0 Å². The maximum Gasteiger partial charge on any atom is 0.392 e. The fourth-order valence-electron chi connectivity index (χ4n) is 1.51. The van der Waals surface area contributed by atoms with Crippen LogP contribution in [0.5, 0.6) is 0 Å². The second kappa shape index (κ2) is 3.09. The fourth-order valence-corrected chi connectivity index (χ4v) is 1.51. The highest BCUT2D eigenvalue weighted by Gasteiger charge is 2.35. The summed E-state index contributed by atoms with van der Waals surface area (Å²) in [5.41, 5.74) is -0.222. The smallest absolute Gasteiger partial charge is 0.392 e. The highest BCUT2D eigenvalue weighted by molar-refractivity contribution is 5.82. The van der Waals surface area contributed by atoms with Crippen LogP contribution in [0.1, 0.15) is 29.8 Å². The van der Waals surface area contributed by atoms with E-state index in [-0.39, 0.29) is 11.3 Å². The second-order valence-electron chi connectivity index (χ2n) is 3.70. The quantitative estimate of drug-likeness (QED) is 0.767. The summed E-state index contributed by atoms with van der Waals surface area (Å²) in [4.78, 5) is 14.2. The lowest BCUT2D eigenvalue weighted by atomic mass is 9.88. The van der Waals surface area contributed by atoms with Gasteiger partial charge in [-0.25, -0.2) is 9.78 Å². The van der Waals surface area contributed by atoms with Crippen molar-refractivity contribution in [3.8, 4) is 0 Å². The molecule has 1 aromatic heterocycles. The highest BCUT2D eigenvalue weighted by atomic mass is 16.5. The van der Waals surface area contributed by atoms with E-state index in [9.17, 15) is 4.79 Å². The number of carbonyl (C=O) groups is 1. The zero-order valence-corrected chi connectivity index (χ0v) is 7.82. The van der Waals surface area contributed by atoms with E-state index < -0.39 is 5.97 Å². The number of carboxylic acids is 1. The van der Waals surface area contributed by atoms with Crippen LogP contribution in [0.4, 0.5) is 0 Å². The van der Waals surface area contributed by atoms with Gasteiger partial charge in [0.15, 0.2) is 0 Å². The van der Waals surface area contributed by atoms with Gasteiger partial charge in [0.2, 0.25) is 0 Å². The minimum absolute atomic E-state index is 0.222. The van der Waals surface area contributed by atoms with Gasteiger partial charge in [0.05, 0.1) is 18.2 Å². The number of ether oxygens (including phenoxy) is 1. The van der Waals surface area contributed by atoms with Gasteiger partial charge in [-0.05, 0) is 6.42 Å². The first-order chi connectivity index (χ1) is 6.62. The summed E-state index contributed by atoms with van der Waals surface area (Å²) in [6.07, 6.45) is 2.30. The molecular weight excluding hydrogens is 186 g/mol. The molecule has 5 nitrogen and oxygen atoms in total. The van der Waals surface area contributed by atoms with Crippen LogP contribution < -0.4 is 0 Å². The number of carboxylic acid groups (broad SMARTS) is 1. The molecule has 2 heterocycles. The van der Waals surface area contributed by atoms with Crippen LogP contribution in [-0.4, -0.2) is 29.3 Å². The van der Waals surface area contributed by atoms with E-state index in [2.05, 4.69) is 4.98 Å². The van der Waals surface area contributed by atoms with E-state index in [0.717, 1.165) is 6.42 Å². The molecule has 1 aromatic rings. The predicted molar refractivity (Wildman–Crippen MR) is 46.3 cm³/mol. The zero-order chi connectivity index (χ0) is 10.2. The number of aromatic nitrogens is 1. The van der Waals surface area contributed by atoms with Gasteiger partial charge in [0.1, 0.15) is 5.76 Å². The van der Waals surface area contributed by atoms with Crippen LogP contribution in [0.25, 0.3) is 0 Å². The van der Waals surface area contributed by atoms with Gasteiger partial charge in [0, 0.05) is 6.61 Å². The van der Waals surface area contributed by atoms with Crippen LogP contribution in [0, 0.1) is 0 Å². The number of hydrogen-bond acceptors (Lipinski definition) is 4. The molecule has 2 rings (SSSR count). The molecule has 14 heavy (non-hydrogen) atoms. The third kappa shape index (κ3) is 1.39. The van der Waals surface area contributed by atoms with Crippen molar-refractivity contribution < 1.29 is 19.1 Å². The molecule has 0 aromatic carbocycles. The monoisotopic (exact) mass is 197 g/mol. The van der Waals surface area contributed by atoms with E-state index in [4.69, 9.17) is 14.3 Å². The first-order valence-corrected chi connectivity index (χ1v) is 4.39. The summed E-state index contributed by atoms with van der Waals surface area (Å²) >= 11 is 0. The van der Waals surface area contributed by atoms with Crippen LogP contribution in [-0.2, 0) is 10.2 Å². The molecule has 1 fully saturated rings. The average molecular weight is 197 g/mol. The van der Waals surface area contributed by atoms with E-state index in [1.807, 2.05) is 6.92 Å². The van der Waals surface area contributed by atoms with Crippen molar-refractivity contribution in [1.82, 2.24) is 4.98 Å². The summed E-state index contributed by atoms with van der Waals surface area (Å²) in [6.45, 7) is 3.22. The maximum atomic E-state index is 10.5. The van der Waals surface area contributed by atoms with Gasteiger partial charge < -0.3 is 14.3 Å². The molecule has 1 atom stereocenters. The Balaban J connectivity index is 2.28. The van der Waals surface area contributed by atoms with Crippen molar-refractivity contribution >= 4 is 5.97 Å². The second-order valence-corrected chi connectivity index (χ2v) is 3.70. The molecule has 0 bridgehead atoms. The zero-order valence-electron chi connectivity index (χ0n) is 7.82. The van der Waals surface area contributed by atoms with Crippen molar-refractivity contribution in [2.45, 2.75) is 18.8 Å². The van der Waals surface area contributed by atoms with E-state index in [1.54, 1.807) is 0 Å². The average Bonchev–Trinajstić information content (AvgIpc) is 2.71. The van der Waals surface area contributed by atoms with Gasteiger partial charge in [-0.2, -0.15) is 0 Å². The lowest BCUT2D eigenvalue weighted by Crippen LogP contribution is -2.20. The maximum absolute atomic E-state index is 10.5. The summed E-state index contributed by atoms with van der Waals surface area (Å²) in [5, 5.41) is 8.64. The number of nitrogens with zero attached hydrogens (tertiary/aromatic N) is 1. The number of rotatable bonds is 2. The standard InChI is InChI=1S/C9H11NO4/c1-9(2-3-13-5-9)6-4-10-7(14-6)8(11)12/h4H,2-3,5H2,1H3,(H,11,12). The Bertz CT molecular complexity index is 351. The molecule has 1 aliphatic rings. The Labute approximate surface area is 80.7 Å². The van der Waals surface area contributed by atoms with Gasteiger partial charge in [-0.15, -0.1) is 0 Å². The summed E-state index contributed by atoms with van der Waals surface area (Å²) < 4.78 is 10.4. The lowest BCUT2D eigenvalue weighted by molar-refractivity contribution is 0.0648. The Hall–Kier alpha value is -1.36.